The highest BCUT2D eigenvalue weighted by Gasteiger charge is 2.15. The van der Waals surface area contributed by atoms with Gasteiger partial charge in [-0.2, -0.15) is 0 Å². The largest absolute Gasteiger partial charge is 0.258 e. The van der Waals surface area contributed by atoms with Crippen molar-refractivity contribution in [3.05, 3.63) is 0 Å². The van der Waals surface area contributed by atoms with Gasteiger partial charge in [-0.05, 0) is 19.3 Å². The lowest BCUT2D eigenvalue weighted by atomic mass is 9.94. The average Bonchev–Trinajstić information content (AvgIpc) is 1.84. The summed E-state index contributed by atoms with van der Waals surface area (Å²) in [5.41, 5.74) is 6.54. The Balaban J connectivity index is 1.76. The van der Waals surface area contributed by atoms with Gasteiger partial charge in [-0.1, -0.05) is 19.8 Å². The van der Waals surface area contributed by atoms with Crippen LogP contribution in [0.5, 0.6) is 0 Å². The maximum absolute atomic E-state index is 3.30. The Morgan fingerprint density at radius 1 is 1.40 bits per heavy atom. The zero-order chi connectivity index (χ0) is 7.23. The van der Waals surface area contributed by atoms with Crippen LogP contribution in [0.2, 0.25) is 0 Å². The Bertz CT molecular complexity index is 79.3. The van der Waals surface area contributed by atoms with Crippen molar-refractivity contribution in [2.45, 2.75) is 45.1 Å². The predicted molar refractivity (Wildman–Crippen MR) is 43.7 cm³/mol. The summed E-state index contributed by atoms with van der Waals surface area (Å²) in [6, 6.07) is 0.775. The molecule has 0 aromatic heterocycles. The minimum absolute atomic E-state index is 0.775. The summed E-state index contributed by atoms with van der Waals surface area (Å²) in [7, 11) is 0. The van der Waals surface area contributed by atoms with Gasteiger partial charge < -0.3 is 0 Å². The lowest BCUT2D eigenvalue weighted by Gasteiger charge is -2.26. The van der Waals surface area contributed by atoms with Crippen LogP contribution in [0, 0.1) is 0 Å². The molecule has 1 saturated carbocycles. The van der Waals surface area contributed by atoms with E-state index in [-0.39, 0.29) is 0 Å². The van der Waals surface area contributed by atoms with Gasteiger partial charge in [-0.15, -0.1) is 0 Å². The van der Waals surface area contributed by atoms with Crippen molar-refractivity contribution in [1.82, 2.24) is 10.9 Å². The van der Waals surface area contributed by atoms with Crippen LogP contribution in [0.15, 0.2) is 0 Å². The van der Waals surface area contributed by atoms with Crippen LogP contribution in [-0.4, -0.2) is 12.6 Å². The fourth-order valence-electron chi connectivity index (χ4n) is 1.03. The molecule has 2 N–H and O–H groups in total. The summed E-state index contributed by atoms with van der Waals surface area (Å²) in [5.74, 6) is 0. The standard InChI is InChI=1S/C8H18N2/c1-2-3-7-9-10-8-5-4-6-8/h8-10H,2-7H2,1H3. The average molecular weight is 142 g/mol. The molecule has 2 nitrogen and oxygen atoms in total. The smallest absolute Gasteiger partial charge is 0.0212 e. The van der Waals surface area contributed by atoms with Crippen LogP contribution in [0.4, 0.5) is 0 Å². The first kappa shape index (κ1) is 8.02. The molecule has 0 aromatic carbocycles. The number of hydrazine groups is 1. The fraction of sp³-hybridized carbons (Fsp3) is 1.00. The zero-order valence-corrected chi connectivity index (χ0v) is 6.82. The molecule has 2 heteroatoms. The normalized spacial score (nSPS) is 18.9. The molecule has 0 unspecified atom stereocenters. The van der Waals surface area contributed by atoms with Gasteiger partial charge in [0.25, 0.3) is 0 Å². The molecule has 0 amide bonds. The van der Waals surface area contributed by atoms with Crippen molar-refractivity contribution in [2.24, 2.45) is 0 Å². The summed E-state index contributed by atoms with van der Waals surface area (Å²) in [6.07, 6.45) is 6.68. The number of nitrogens with one attached hydrogen (secondary N) is 2. The molecule has 1 rings (SSSR count). The Morgan fingerprint density at radius 2 is 2.20 bits per heavy atom. The summed E-state index contributed by atoms with van der Waals surface area (Å²) in [5, 5.41) is 0. The molecule has 0 heterocycles. The van der Waals surface area contributed by atoms with E-state index in [1.165, 1.54) is 32.1 Å². The number of hydrogen-bond acceptors (Lipinski definition) is 2. The van der Waals surface area contributed by atoms with Crippen molar-refractivity contribution >= 4 is 0 Å². The van der Waals surface area contributed by atoms with E-state index in [0.29, 0.717) is 0 Å². The van der Waals surface area contributed by atoms with E-state index in [2.05, 4.69) is 17.8 Å². The van der Waals surface area contributed by atoms with E-state index in [4.69, 9.17) is 0 Å². The summed E-state index contributed by atoms with van der Waals surface area (Å²) < 4.78 is 0. The lowest BCUT2D eigenvalue weighted by molar-refractivity contribution is 0.300. The van der Waals surface area contributed by atoms with Gasteiger partial charge in [-0.3, -0.25) is 10.9 Å². The van der Waals surface area contributed by atoms with Crippen LogP contribution in [-0.2, 0) is 0 Å². The van der Waals surface area contributed by atoms with Crippen LogP contribution in [0.1, 0.15) is 39.0 Å². The van der Waals surface area contributed by atoms with Crippen LogP contribution >= 0.6 is 0 Å². The first-order chi connectivity index (χ1) is 4.93. The highest BCUT2D eigenvalue weighted by Crippen LogP contribution is 2.16. The van der Waals surface area contributed by atoms with E-state index in [9.17, 15) is 0 Å². The highest BCUT2D eigenvalue weighted by molar-refractivity contribution is 4.73. The van der Waals surface area contributed by atoms with Crippen molar-refractivity contribution in [3.8, 4) is 0 Å². The third-order valence-electron chi connectivity index (χ3n) is 2.07. The Labute approximate surface area is 63.4 Å². The summed E-state index contributed by atoms with van der Waals surface area (Å²) in [4.78, 5) is 0. The van der Waals surface area contributed by atoms with Crippen LogP contribution in [0.25, 0.3) is 0 Å². The van der Waals surface area contributed by atoms with Crippen molar-refractivity contribution < 1.29 is 0 Å². The molecule has 0 atom stereocenters. The van der Waals surface area contributed by atoms with Gasteiger partial charge in [-0.25, -0.2) is 0 Å². The van der Waals surface area contributed by atoms with E-state index >= 15 is 0 Å². The maximum atomic E-state index is 3.30. The molecule has 0 radical (unpaired) electrons. The Morgan fingerprint density at radius 3 is 2.70 bits per heavy atom. The summed E-state index contributed by atoms with van der Waals surface area (Å²) in [6.45, 7) is 3.33. The molecular formula is C8H18N2. The van der Waals surface area contributed by atoms with Gasteiger partial charge in [0.15, 0.2) is 0 Å². The minimum atomic E-state index is 0.775. The van der Waals surface area contributed by atoms with Crippen molar-refractivity contribution in [1.29, 1.82) is 0 Å². The second-order valence-corrected chi connectivity index (χ2v) is 3.05. The third-order valence-corrected chi connectivity index (χ3v) is 2.07. The van der Waals surface area contributed by atoms with E-state index in [0.717, 1.165) is 12.6 Å². The van der Waals surface area contributed by atoms with Crippen LogP contribution < -0.4 is 10.9 Å². The number of unbranched alkanes of at least 4 members (excludes halogenated alkanes) is 1. The quantitative estimate of drug-likeness (QED) is 0.448. The summed E-state index contributed by atoms with van der Waals surface area (Å²) >= 11 is 0. The lowest BCUT2D eigenvalue weighted by Crippen LogP contribution is -2.44. The monoisotopic (exact) mass is 142 g/mol. The van der Waals surface area contributed by atoms with Gasteiger partial charge in [0, 0.05) is 12.6 Å². The second kappa shape index (κ2) is 4.69. The van der Waals surface area contributed by atoms with Crippen molar-refractivity contribution in [2.75, 3.05) is 6.54 Å². The van der Waals surface area contributed by atoms with Gasteiger partial charge in [0.1, 0.15) is 0 Å². The van der Waals surface area contributed by atoms with Gasteiger partial charge in [0.2, 0.25) is 0 Å². The predicted octanol–water partition coefficient (Wildman–Crippen LogP) is 1.43. The first-order valence-electron chi connectivity index (χ1n) is 4.42. The Kier molecular flexibility index (Phi) is 3.76. The number of rotatable bonds is 5. The molecule has 10 heavy (non-hydrogen) atoms. The van der Waals surface area contributed by atoms with Crippen LogP contribution in [0.3, 0.4) is 0 Å². The third kappa shape index (κ3) is 2.67. The molecule has 0 bridgehead atoms. The highest BCUT2D eigenvalue weighted by atomic mass is 15.4. The van der Waals surface area contributed by atoms with E-state index < -0.39 is 0 Å². The topological polar surface area (TPSA) is 24.1 Å². The zero-order valence-electron chi connectivity index (χ0n) is 6.82. The second-order valence-electron chi connectivity index (χ2n) is 3.05. The molecule has 1 fully saturated rings. The first-order valence-corrected chi connectivity index (χ1v) is 4.42. The van der Waals surface area contributed by atoms with Gasteiger partial charge >= 0.3 is 0 Å². The molecular weight excluding hydrogens is 124 g/mol. The molecule has 60 valence electrons. The molecule has 0 spiro atoms. The fourth-order valence-corrected chi connectivity index (χ4v) is 1.03. The molecule has 0 saturated heterocycles. The van der Waals surface area contributed by atoms with E-state index in [1.807, 2.05) is 0 Å². The van der Waals surface area contributed by atoms with E-state index in [1.54, 1.807) is 0 Å². The number of hydrogen-bond donors (Lipinski definition) is 2. The molecule has 0 aliphatic heterocycles. The maximum Gasteiger partial charge on any atom is 0.0212 e. The van der Waals surface area contributed by atoms with Gasteiger partial charge in [0.05, 0.1) is 0 Å². The molecule has 1 aliphatic carbocycles. The minimum Gasteiger partial charge on any atom is -0.258 e. The molecule has 1 aliphatic rings. The Hall–Kier alpha value is -0.0800. The SMILES string of the molecule is CCCCNNC1CCC1. The van der Waals surface area contributed by atoms with Crippen molar-refractivity contribution in [3.63, 3.8) is 0 Å². The molecule has 0 aromatic rings.